The fraction of sp³-hybridized carbons (Fsp3) is 0.529. The van der Waals surface area contributed by atoms with E-state index in [1.54, 1.807) is 23.3 Å². The lowest BCUT2D eigenvalue weighted by atomic mass is 9.98. The summed E-state index contributed by atoms with van der Waals surface area (Å²) in [5, 5.41) is 6.93. The Bertz CT molecular complexity index is 697. The van der Waals surface area contributed by atoms with Gasteiger partial charge in [0.2, 0.25) is 0 Å². The van der Waals surface area contributed by atoms with E-state index in [1.165, 1.54) is 4.90 Å². The fourth-order valence-electron chi connectivity index (χ4n) is 3.70. The minimum Gasteiger partial charge on any atom is -0.370 e. The van der Waals surface area contributed by atoms with Crippen molar-refractivity contribution in [2.24, 2.45) is 0 Å². The number of urea groups is 1. The molecule has 0 bridgehead atoms. The molecular weight excluding hydrogens is 340 g/mol. The molecule has 0 aliphatic carbocycles. The van der Waals surface area contributed by atoms with Gasteiger partial charge in [-0.05, 0) is 22.4 Å². The van der Waals surface area contributed by atoms with E-state index in [9.17, 15) is 9.59 Å². The molecule has 0 saturated carbocycles. The number of thiophene rings is 1. The summed E-state index contributed by atoms with van der Waals surface area (Å²) in [6.45, 7) is 5.71. The van der Waals surface area contributed by atoms with Crippen LogP contribution in [-0.2, 0) is 9.53 Å². The van der Waals surface area contributed by atoms with Gasteiger partial charge in [0.15, 0.2) is 0 Å². The second kappa shape index (κ2) is 6.78. The summed E-state index contributed by atoms with van der Waals surface area (Å²) in [6.07, 6.45) is 0. The number of likely N-dealkylation sites (N-methyl/N-ethyl adjacent to an activating group) is 1. The maximum Gasteiger partial charge on any atom is 0.322 e. The number of nitrogens with zero attached hydrogens (tertiary/aromatic N) is 2. The van der Waals surface area contributed by atoms with Gasteiger partial charge in [-0.2, -0.15) is 11.3 Å². The summed E-state index contributed by atoms with van der Waals surface area (Å²) >= 11 is 1.57. The lowest BCUT2D eigenvalue weighted by molar-refractivity contribution is -0.907. The molecule has 8 heteroatoms. The Morgan fingerprint density at radius 1 is 1.36 bits per heavy atom. The molecular formula is C17H23N4O3S+. The number of quaternary nitrogens is 1. The van der Waals surface area contributed by atoms with Crippen LogP contribution in [0.25, 0.3) is 0 Å². The molecule has 1 atom stereocenters. The van der Waals surface area contributed by atoms with Crippen LogP contribution in [0.5, 0.6) is 0 Å². The Morgan fingerprint density at radius 3 is 2.88 bits per heavy atom. The van der Waals surface area contributed by atoms with Gasteiger partial charge in [0, 0.05) is 7.05 Å². The second-order valence-corrected chi connectivity index (χ2v) is 7.48. The van der Waals surface area contributed by atoms with E-state index >= 15 is 0 Å². The Hall–Kier alpha value is -1.90. The predicted octanol–water partition coefficient (Wildman–Crippen LogP) is -0.544. The SMILES string of the molecule is CN1C(=O)N[C@H](c2ccsc2)C2=C1CN(CC[NH+]1CCOCC1)C2=O. The Kier molecular flexibility index (Phi) is 4.49. The van der Waals surface area contributed by atoms with Crippen molar-refractivity contribution < 1.29 is 19.2 Å². The summed E-state index contributed by atoms with van der Waals surface area (Å²) in [4.78, 5) is 30.3. The Labute approximate surface area is 150 Å². The van der Waals surface area contributed by atoms with Crippen molar-refractivity contribution in [3.63, 3.8) is 0 Å². The van der Waals surface area contributed by atoms with Crippen LogP contribution in [0.2, 0.25) is 0 Å². The molecule has 1 saturated heterocycles. The van der Waals surface area contributed by atoms with Crippen LogP contribution in [-0.4, -0.2) is 74.7 Å². The molecule has 1 fully saturated rings. The summed E-state index contributed by atoms with van der Waals surface area (Å²) in [6, 6.07) is 1.49. The topological polar surface area (TPSA) is 66.3 Å². The van der Waals surface area contributed by atoms with Crippen molar-refractivity contribution in [1.82, 2.24) is 15.1 Å². The Balaban J connectivity index is 1.51. The molecule has 0 radical (unpaired) electrons. The van der Waals surface area contributed by atoms with E-state index in [1.807, 2.05) is 21.7 Å². The van der Waals surface area contributed by atoms with Crippen molar-refractivity contribution in [2.75, 3.05) is 53.0 Å². The lowest BCUT2D eigenvalue weighted by Crippen LogP contribution is -3.14. The van der Waals surface area contributed by atoms with Gasteiger partial charge >= 0.3 is 6.03 Å². The van der Waals surface area contributed by atoms with Crippen molar-refractivity contribution in [1.29, 1.82) is 0 Å². The normalized spacial score (nSPS) is 24.8. The van der Waals surface area contributed by atoms with Gasteiger partial charge in [-0.3, -0.25) is 9.69 Å². The summed E-state index contributed by atoms with van der Waals surface area (Å²) in [7, 11) is 1.73. The number of nitrogens with one attached hydrogen (secondary N) is 2. The van der Waals surface area contributed by atoms with Crippen molar-refractivity contribution in [3.05, 3.63) is 33.7 Å². The first kappa shape index (κ1) is 16.6. The molecule has 3 aliphatic rings. The molecule has 4 rings (SSSR count). The van der Waals surface area contributed by atoms with Gasteiger partial charge in [0.1, 0.15) is 13.1 Å². The molecule has 134 valence electrons. The third-order valence-electron chi connectivity index (χ3n) is 5.25. The number of hydrogen-bond donors (Lipinski definition) is 2. The minimum atomic E-state index is -0.335. The van der Waals surface area contributed by atoms with E-state index in [0.717, 1.165) is 49.7 Å². The maximum atomic E-state index is 13.0. The van der Waals surface area contributed by atoms with E-state index in [2.05, 4.69) is 5.32 Å². The molecule has 0 aromatic carbocycles. The van der Waals surface area contributed by atoms with Gasteiger partial charge in [-0.1, -0.05) is 0 Å². The van der Waals surface area contributed by atoms with E-state index in [4.69, 9.17) is 4.74 Å². The van der Waals surface area contributed by atoms with E-state index in [0.29, 0.717) is 13.1 Å². The summed E-state index contributed by atoms with van der Waals surface area (Å²) in [5.74, 6) is 0.0470. The molecule has 0 spiro atoms. The van der Waals surface area contributed by atoms with Crippen molar-refractivity contribution in [3.8, 4) is 0 Å². The molecule has 1 aromatic heterocycles. The molecule has 3 amide bonds. The van der Waals surface area contributed by atoms with Gasteiger partial charge in [0.25, 0.3) is 5.91 Å². The first-order valence-electron chi connectivity index (χ1n) is 8.65. The average Bonchev–Trinajstić information content (AvgIpc) is 3.26. The van der Waals surface area contributed by atoms with Crippen LogP contribution in [0.4, 0.5) is 4.79 Å². The van der Waals surface area contributed by atoms with Gasteiger partial charge in [-0.25, -0.2) is 4.79 Å². The molecule has 1 aromatic rings. The number of rotatable bonds is 4. The van der Waals surface area contributed by atoms with Crippen molar-refractivity contribution >= 4 is 23.3 Å². The first-order chi connectivity index (χ1) is 12.1. The van der Waals surface area contributed by atoms with Crippen LogP contribution in [0, 0.1) is 0 Å². The van der Waals surface area contributed by atoms with Crippen LogP contribution in [0.15, 0.2) is 28.1 Å². The highest BCUT2D eigenvalue weighted by Gasteiger charge is 2.43. The fourth-order valence-corrected chi connectivity index (χ4v) is 4.38. The lowest BCUT2D eigenvalue weighted by Gasteiger charge is -2.30. The second-order valence-electron chi connectivity index (χ2n) is 6.70. The van der Waals surface area contributed by atoms with Gasteiger partial charge < -0.3 is 19.9 Å². The highest BCUT2D eigenvalue weighted by Crippen LogP contribution is 2.35. The molecule has 25 heavy (non-hydrogen) atoms. The average molecular weight is 363 g/mol. The zero-order valence-corrected chi connectivity index (χ0v) is 15.1. The quantitative estimate of drug-likeness (QED) is 0.755. The molecule has 7 nitrogen and oxygen atoms in total. The zero-order chi connectivity index (χ0) is 17.4. The van der Waals surface area contributed by atoms with Gasteiger partial charge in [0.05, 0.1) is 50.2 Å². The Morgan fingerprint density at radius 2 is 2.16 bits per heavy atom. The molecule has 0 unspecified atom stereocenters. The molecule has 2 N–H and O–H groups in total. The van der Waals surface area contributed by atoms with Crippen molar-refractivity contribution in [2.45, 2.75) is 6.04 Å². The van der Waals surface area contributed by atoms with Gasteiger partial charge in [-0.15, -0.1) is 0 Å². The third-order valence-corrected chi connectivity index (χ3v) is 5.95. The number of morpholine rings is 1. The number of ether oxygens (including phenoxy) is 1. The summed E-state index contributed by atoms with van der Waals surface area (Å²) in [5.41, 5.74) is 2.53. The van der Waals surface area contributed by atoms with E-state index < -0.39 is 0 Å². The zero-order valence-electron chi connectivity index (χ0n) is 14.3. The number of carbonyl (C=O) groups excluding carboxylic acids is 2. The van der Waals surface area contributed by atoms with Crippen LogP contribution in [0.1, 0.15) is 11.6 Å². The van der Waals surface area contributed by atoms with E-state index in [-0.39, 0.29) is 18.0 Å². The third kappa shape index (κ3) is 3.05. The monoisotopic (exact) mass is 363 g/mol. The number of amides is 3. The smallest absolute Gasteiger partial charge is 0.322 e. The molecule has 3 aliphatic heterocycles. The number of carbonyl (C=O) groups is 2. The summed E-state index contributed by atoms with van der Waals surface area (Å²) < 4.78 is 5.39. The van der Waals surface area contributed by atoms with Crippen LogP contribution in [0.3, 0.4) is 0 Å². The molecule has 4 heterocycles. The number of hydrogen-bond acceptors (Lipinski definition) is 4. The standard InChI is InChI=1S/C17H22N4O3S/c1-19-13-10-21(4-3-20-5-7-24-8-6-20)16(22)14(13)15(18-17(19)23)12-2-9-25-11-12/h2,9,11,15H,3-8,10H2,1H3,(H,18,23)/p+1/t15-/m1/s1. The highest BCUT2D eigenvalue weighted by atomic mass is 32.1. The minimum absolute atomic E-state index is 0.0470. The predicted molar refractivity (Wildman–Crippen MR) is 93.3 cm³/mol. The largest absolute Gasteiger partial charge is 0.370 e. The maximum absolute atomic E-state index is 13.0. The van der Waals surface area contributed by atoms with Crippen LogP contribution < -0.4 is 10.2 Å². The van der Waals surface area contributed by atoms with Crippen LogP contribution >= 0.6 is 11.3 Å². The first-order valence-corrected chi connectivity index (χ1v) is 9.59. The highest BCUT2D eigenvalue weighted by molar-refractivity contribution is 7.08.